The van der Waals surface area contributed by atoms with E-state index in [0.717, 1.165) is 17.7 Å². The van der Waals surface area contributed by atoms with Crippen LogP contribution in [-0.2, 0) is 21.3 Å². The van der Waals surface area contributed by atoms with Crippen LogP contribution in [0.3, 0.4) is 0 Å². The van der Waals surface area contributed by atoms with E-state index in [-0.39, 0.29) is 6.04 Å². The fraction of sp³-hybridized carbons (Fsp3) is 0.714. The molecule has 5 nitrogen and oxygen atoms in total. The van der Waals surface area contributed by atoms with Gasteiger partial charge in [0.05, 0.1) is 6.61 Å². The molecule has 0 bridgehead atoms. The highest BCUT2D eigenvalue weighted by Crippen LogP contribution is 2.34. The molecule has 1 aromatic rings. The average Bonchev–Trinajstić information content (AvgIpc) is 3.13. The van der Waals surface area contributed by atoms with E-state index in [1.807, 2.05) is 6.07 Å². The van der Waals surface area contributed by atoms with Gasteiger partial charge in [-0.3, -0.25) is 0 Å². The van der Waals surface area contributed by atoms with Crippen molar-refractivity contribution >= 4 is 21.4 Å². The van der Waals surface area contributed by atoms with Crippen LogP contribution < -0.4 is 5.32 Å². The van der Waals surface area contributed by atoms with Gasteiger partial charge in [0, 0.05) is 37.2 Å². The van der Waals surface area contributed by atoms with Crippen molar-refractivity contribution in [3.8, 4) is 0 Å². The minimum absolute atomic E-state index is 0.157. The second-order valence-corrected chi connectivity index (χ2v) is 8.88. The van der Waals surface area contributed by atoms with Crippen molar-refractivity contribution in [3.05, 3.63) is 17.0 Å². The van der Waals surface area contributed by atoms with E-state index in [2.05, 4.69) is 19.2 Å². The maximum absolute atomic E-state index is 12.7. The smallest absolute Gasteiger partial charge is 0.252 e. The summed E-state index contributed by atoms with van der Waals surface area (Å²) in [6, 6.07) is 4.16. The van der Waals surface area contributed by atoms with Crippen LogP contribution in [0.2, 0.25) is 0 Å². The van der Waals surface area contributed by atoms with Gasteiger partial charge in [-0.1, -0.05) is 13.8 Å². The number of hydrogen-bond acceptors (Lipinski definition) is 5. The third-order valence-corrected chi connectivity index (χ3v) is 6.86. The molecule has 0 amide bonds. The third kappa shape index (κ3) is 4.50. The van der Waals surface area contributed by atoms with E-state index in [9.17, 15) is 8.42 Å². The maximum atomic E-state index is 12.7. The topological polar surface area (TPSA) is 58.6 Å². The number of sulfonamides is 1. The summed E-state index contributed by atoms with van der Waals surface area (Å²) in [6.45, 7) is 5.72. The Morgan fingerprint density at radius 2 is 2.14 bits per heavy atom. The molecule has 1 aromatic heterocycles. The molecule has 0 saturated heterocycles. The molecule has 1 heterocycles. The third-order valence-electron chi connectivity index (χ3n) is 3.35. The van der Waals surface area contributed by atoms with Gasteiger partial charge < -0.3 is 10.1 Å². The van der Waals surface area contributed by atoms with Crippen molar-refractivity contribution in [3.63, 3.8) is 0 Å². The summed E-state index contributed by atoms with van der Waals surface area (Å²) in [5, 5.41) is 3.31. The van der Waals surface area contributed by atoms with E-state index in [4.69, 9.17) is 4.74 Å². The molecular formula is C14H24N2O3S2. The normalized spacial score (nSPS) is 16.0. The zero-order chi connectivity index (χ0) is 15.5. The quantitative estimate of drug-likeness (QED) is 0.752. The molecule has 1 aliphatic carbocycles. The van der Waals surface area contributed by atoms with Crippen LogP contribution in [0.1, 0.15) is 31.6 Å². The Morgan fingerprint density at radius 1 is 1.43 bits per heavy atom. The van der Waals surface area contributed by atoms with Gasteiger partial charge in [-0.2, -0.15) is 4.31 Å². The van der Waals surface area contributed by atoms with Crippen LogP contribution in [-0.4, -0.2) is 45.1 Å². The van der Waals surface area contributed by atoms with Gasteiger partial charge in [0.15, 0.2) is 0 Å². The minimum atomic E-state index is -3.38. The predicted octanol–water partition coefficient (Wildman–Crippen LogP) is 2.05. The van der Waals surface area contributed by atoms with Crippen molar-refractivity contribution in [1.29, 1.82) is 0 Å². The zero-order valence-corrected chi connectivity index (χ0v) is 14.5. The van der Waals surface area contributed by atoms with Crippen LogP contribution in [0.4, 0.5) is 0 Å². The lowest BCUT2D eigenvalue weighted by atomic mass is 10.4. The maximum Gasteiger partial charge on any atom is 0.252 e. The second-order valence-electron chi connectivity index (χ2n) is 5.60. The first kappa shape index (κ1) is 16.9. The lowest BCUT2D eigenvalue weighted by molar-refractivity contribution is 0.177. The van der Waals surface area contributed by atoms with Crippen LogP contribution in [0.25, 0.3) is 0 Å². The van der Waals surface area contributed by atoms with E-state index in [1.54, 1.807) is 17.5 Å². The summed E-state index contributed by atoms with van der Waals surface area (Å²) in [7, 11) is -1.79. The average molecular weight is 332 g/mol. The first-order valence-electron chi connectivity index (χ1n) is 7.28. The summed E-state index contributed by atoms with van der Waals surface area (Å²) in [5.74, 6) is 0. The summed E-state index contributed by atoms with van der Waals surface area (Å²) in [5.41, 5.74) is 0. The number of nitrogens with zero attached hydrogens (tertiary/aromatic N) is 1. The Hall–Kier alpha value is -0.470. The monoisotopic (exact) mass is 332 g/mol. The van der Waals surface area contributed by atoms with Crippen LogP contribution in [0.5, 0.6) is 0 Å². The van der Waals surface area contributed by atoms with Crippen molar-refractivity contribution < 1.29 is 13.2 Å². The number of thiophene rings is 1. The molecule has 0 spiro atoms. The second kappa shape index (κ2) is 7.19. The number of rotatable bonds is 9. The highest BCUT2D eigenvalue weighted by Gasteiger charge is 2.38. The summed E-state index contributed by atoms with van der Waals surface area (Å²) >= 11 is 1.36. The van der Waals surface area contributed by atoms with Crippen LogP contribution in [0, 0.1) is 0 Å². The number of nitrogens with one attached hydrogen (secondary N) is 1. The Balaban J connectivity index is 2.10. The number of ether oxygens (including phenoxy) is 1. The van der Waals surface area contributed by atoms with E-state index >= 15 is 0 Å². The molecule has 0 radical (unpaired) electrons. The standard InChI is InChI=1S/C14H24N2O3S2/c1-11(2)15-10-13-6-7-14(20-13)21(17,18)16(8-9-19-3)12-4-5-12/h6-7,11-12,15H,4-5,8-10H2,1-3H3. The zero-order valence-electron chi connectivity index (χ0n) is 12.8. The van der Waals surface area contributed by atoms with E-state index < -0.39 is 10.0 Å². The predicted molar refractivity (Wildman–Crippen MR) is 85.1 cm³/mol. The van der Waals surface area contributed by atoms with Gasteiger partial charge in [0.25, 0.3) is 10.0 Å². The van der Waals surface area contributed by atoms with Gasteiger partial charge in [-0.05, 0) is 25.0 Å². The van der Waals surface area contributed by atoms with E-state index in [0.29, 0.717) is 29.9 Å². The molecule has 0 aliphatic heterocycles. The van der Waals surface area contributed by atoms with Gasteiger partial charge >= 0.3 is 0 Å². The SMILES string of the molecule is COCCN(C1CC1)S(=O)(=O)c1ccc(CNC(C)C)s1. The molecule has 21 heavy (non-hydrogen) atoms. The van der Waals surface area contributed by atoms with Crippen LogP contribution in [0.15, 0.2) is 16.3 Å². The van der Waals surface area contributed by atoms with E-state index in [1.165, 1.54) is 11.3 Å². The fourth-order valence-electron chi connectivity index (χ4n) is 2.05. The molecule has 0 atom stereocenters. The highest BCUT2D eigenvalue weighted by atomic mass is 32.2. The summed E-state index contributed by atoms with van der Waals surface area (Å²) in [6.07, 6.45) is 1.91. The molecule has 1 fully saturated rings. The van der Waals surface area contributed by atoms with Crippen molar-refractivity contribution in [2.45, 2.75) is 49.5 Å². The molecule has 7 heteroatoms. The Bertz CT molecular complexity index is 550. The summed E-state index contributed by atoms with van der Waals surface area (Å²) in [4.78, 5) is 1.05. The Morgan fingerprint density at radius 3 is 2.71 bits per heavy atom. The molecule has 0 aromatic carbocycles. The number of methoxy groups -OCH3 is 1. The molecule has 1 saturated carbocycles. The first-order valence-corrected chi connectivity index (χ1v) is 9.53. The Labute approximate surface area is 131 Å². The molecule has 1 N–H and O–H groups in total. The first-order chi connectivity index (χ1) is 9.95. The molecule has 0 unspecified atom stereocenters. The Kier molecular flexibility index (Phi) is 5.79. The van der Waals surface area contributed by atoms with Crippen LogP contribution >= 0.6 is 11.3 Å². The molecule has 2 rings (SSSR count). The van der Waals surface area contributed by atoms with Crippen molar-refractivity contribution in [2.75, 3.05) is 20.3 Å². The van der Waals surface area contributed by atoms with Gasteiger partial charge in [0.2, 0.25) is 0 Å². The van der Waals surface area contributed by atoms with Gasteiger partial charge in [0.1, 0.15) is 4.21 Å². The molecular weight excluding hydrogens is 308 g/mol. The number of hydrogen-bond donors (Lipinski definition) is 1. The molecule has 1 aliphatic rings. The van der Waals surface area contributed by atoms with Crippen molar-refractivity contribution in [1.82, 2.24) is 9.62 Å². The molecule has 120 valence electrons. The van der Waals surface area contributed by atoms with Gasteiger partial charge in [-0.25, -0.2) is 8.42 Å². The largest absolute Gasteiger partial charge is 0.383 e. The lowest BCUT2D eigenvalue weighted by Crippen LogP contribution is -2.35. The lowest BCUT2D eigenvalue weighted by Gasteiger charge is -2.20. The fourth-order valence-corrected chi connectivity index (χ4v) is 5.16. The summed E-state index contributed by atoms with van der Waals surface area (Å²) < 4.78 is 32.5. The van der Waals surface area contributed by atoms with Crippen molar-refractivity contribution in [2.24, 2.45) is 0 Å². The van der Waals surface area contributed by atoms with Gasteiger partial charge in [-0.15, -0.1) is 11.3 Å². The highest BCUT2D eigenvalue weighted by molar-refractivity contribution is 7.91. The minimum Gasteiger partial charge on any atom is -0.383 e.